The van der Waals surface area contributed by atoms with Gasteiger partial charge in [-0.1, -0.05) is 13.2 Å². The molecule has 2 amide bonds. The van der Waals surface area contributed by atoms with Crippen LogP contribution >= 0.6 is 0 Å². The molecule has 4 nitrogen and oxygen atoms in total. The third kappa shape index (κ3) is 2.18. The van der Waals surface area contributed by atoms with E-state index in [9.17, 15) is 9.59 Å². The standard InChI is InChI=1S/C5H11BN2O2/c1-4(2-6)5(10)8(7)3-9/h3-4H,2,6-7H2,1H3. The van der Waals surface area contributed by atoms with Gasteiger partial charge in [-0.15, -0.1) is 0 Å². The van der Waals surface area contributed by atoms with Gasteiger partial charge >= 0.3 is 0 Å². The summed E-state index contributed by atoms with van der Waals surface area (Å²) in [6, 6.07) is 0. The second kappa shape index (κ2) is 4.06. The monoisotopic (exact) mass is 142 g/mol. The van der Waals surface area contributed by atoms with Gasteiger partial charge in [-0.05, 0) is 0 Å². The first-order valence-electron chi connectivity index (χ1n) is 3.16. The minimum Gasteiger partial charge on any atom is -0.277 e. The fraction of sp³-hybridized carbons (Fsp3) is 0.600. The first-order valence-corrected chi connectivity index (χ1v) is 3.16. The van der Waals surface area contributed by atoms with Gasteiger partial charge in [0.05, 0.1) is 0 Å². The van der Waals surface area contributed by atoms with Crippen molar-refractivity contribution in [2.45, 2.75) is 13.2 Å². The van der Waals surface area contributed by atoms with E-state index in [1.807, 2.05) is 7.85 Å². The maximum Gasteiger partial charge on any atom is 0.245 e. The third-order valence-corrected chi connectivity index (χ3v) is 1.40. The number of hydrogen-bond acceptors (Lipinski definition) is 3. The van der Waals surface area contributed by atoms with Crippen molar-refractivity contribution in [2.24, 2.45) is 11.8 Å². The summed E-state index contributed by atoms with van der Waals surface area (Å²) in [4.78, 5) is 20.8. The van der Waals surface area contributed by atoms with E-state index in [0.717, 1.165) is 0 Å². The largest absolute Gasteiger partial charge is 0.277 e. The summed E-state index contributed by atoms with van der Waals surface area (Å²) < 4.78 is 0. The molecular weight excluding hydrogens is 131 g/mol. The van der Waals surface area contributed by atoms with Gasteiger partial charge in [0, 0.05) is 5.92 Å². The fourth-order valence-electron chi connectivity index (χ4n) is 0.481. The van der Waals surface area contributed by atoms with Crippen LogP contribution in [0.3, 0.4) is 0 Å². The minimum atomic E-state index is -0.336. The highest BCUT2D eigenvalue weighted by atomic mass is 16.2. The molecular formula is C5H11BN2O2. The zero-order valence-corrected chi connectivity index (χ0v) is 6.20. The van der Waals surface area contributed by atoms with Gasteiger partial charge in [-0.3, -0.25) is 9.59 Å². The van der Waals surface area contributed by atoms with Gasteiger partial charge < -0.3 is 0 Å². The Morgan fingerprint density at radius 3 is 2.70 bits per heavy atom. The molecule has 0 bridgehead atoms. The number of carbonyl (C=O) groups excluding carboxylic acids is 2. The topological polar surface area (TPSA) is 63.4 Å². The summed E-state index contributed by atoms with van der Waals surface area (Å²) in [5, 5.41) is 0.578. The summed E-state index contributed by atoms with van der Waals surface area (Å²) in [6.07, 6.45) is 1.01. The number of nitrogens with two attached hydrogens (primary N) is 1. The van der Waals surface area contributed by atoms with Gasteiger partial charge in [0.15, 0.2) is 0 Å². The Morgan fingerprint density at radius 2 is 2.40 bits per heavy atom. The van der Waals surface area contributed by atoms with E-state index in [1.54, 1.807) is 6.92 Å². The Balaban J connectivity index is 3.93. The Labute approximate surface area is 60.7 Å². The lowest BCUT2D eigenvalue weighted by Crippen LogP contribution is -2.39. The molecule has 0 saturated carbocycles. The van der Waals surface area contributed by atoms with Crippen molar-refractivity contribution in [1.82, 2.24) is 5.01 Å². The van der Waals surface area contributed by atoms with Crippen molar-refractivity contribution in [3.63, 3.8) is 0 Å². The predicted octanol–water partition coefficient (Wildman–Crippen LogP) is -1.47. The number of carbonyl (C=O) groups is 2. The summed E-state index contributed by atoms with van der Waals surface area (Å²) in [7, 11) is 1.86. The van der Waals surface area contributed by atoms with E-state index in [-0.39, 0.29) is 11.8 Å². The van der Waals surface area contributed by atoms with Crippen molar-refractivity contribution < 1.29 is 9.59 Å². The highest BCUT2D eigenvalue weighted by Gasteiger charge is 2.14. The summed E-state index contributed by atoms with van der Waals surface area (Å²) >= 11 is 0. The molecule has 2 N–H and O–H groups in total. The molecule has 1 atom stereocenters. The quantitative estimate of drug-likeness (QED) is 0.172. The van der Waals surface area contributed by atoms with E-state index in [0.29, 0.717) is 17.7 Å². The van der Waals surface area contributed by atoms with Crippen LogP contribution in [-0.2, 0) is 9.59 Å². The van der Waals surface area contributed by atoms with E-state index in [4.69, 9.17) is 5.84 Å². The number of nitrogens with zero attached hydrogens (tertiary/aromatic N) is 1. The first kappa shape index (κ1) is 9.16. The molecule has 0 aromatic carbocycles. The minimum absolute atomic E-state index is 0.171. The molecule has 0 aliphatic carbocycles. The summed E-state index contributed by atoms with van der Waals surface area (Å²) in [6.45, 7) is 1.73. The van der Waals surface area contributed by atoms with E-state index in [1.165, 1.54) is 0 Å². The number of amides is 2. The van der Waals surface area contributed by atoms with Gasteiger partial charge in [0.1, 0.15) is 7.85 Å². The smallest absolute Gasteiger partial charge is 0.245 e. The number of rotatable bonds is 3. The lowest BCUT2D eigenvalue weighted by Gasteiger charge is -2.12. The fourth-order valence-corrected chi connectivity index (χ4v) is 0.481. The van der Waals surface area contributed by atoms with Crippen LogP contribution in [0, 0.1) is 5.92 Å². The van der Waals surface area contributed by atoms with Gasteiger partial charge in [-0.25, -0.2) is 10.9 Å². The van der Waals surface area contributed by atoms with Crippen LogP contribution in [-0.4, -0.2) is 25.2 Å². The second-order valence-corrected chi connectivity index (χ2v) is 2.16. The van der Waals surface area contributed by atoms with E-state index < -0.39 is 0 Å². The van der Waals surface area contributed by atoms with Crippen LogP contribution in [0.5, 0.6) is 0 Å². The van der Waals surface area contributed by atoms with Crippen molar-refractivity contribution in [2.75, 3.05) is 0 Å². The summed E-state index contributed by atoms with van der Waals surface area (Å²) in [5.41, 5.74) is 0. The van der Waals surface area contributed by atoms with Crippen molar-refractivity contribution in [3.8, 4) is 0 Å². The highest BCUT2D eigenvalue weighted by Crippen LogP contribution is 2.00. The van der Waals surface area contributed by atoms with Crippen LogP contribution in [0.1, 0.15) is 6.92 Å². The van der Waals surface area contributed by atoms with Crippen LogP contribution in [0.15, 0.2) is 0 Å². The molecule has 0 saturated heterocycles. The average Bonchev–Trinajstić information content (AvgIpc) is 2.00. The van der Waals surface area contributed by atoms with Crippen LogP contribution in [0.25, 0.3) is 0 Å². The molecule has 0 rings (SSSR count). The maximum absolute atomic E-state index is 10.9. The van der Waals surface area contributed by atoms with Gasteiger partial charge in [0.2, 0.25) is 12.3 Å². The lowest BCUT2D eigenvalue weighted by molar-refractivity contribution is -0.140. The zero-order valence-electron chi connectivity index (χ0n) is 6.20. The average molecular weight is 142 g/mol. The Morgan fingerprint density at radius 1 is 1.90 bits per heavy atom. The molecule has 0 aliphatic heterocycles. The Hall–Kier alpha value is -0.835. The molecule has 0 fully saturated rings. The SMILES string of the molecule is BCC(C)C(=O)N(N)C=O. The first-order chi connectivity index (χ1) is 4.63. The van der Waals surface area contributed by atoms with Crippen LogP contribution in [0.4, 0.5) is 0 Å². The Bertz CT molecular complexity index is 140. The number of imide groups is 1. The van der Waals surface area contributed by atoms with Crippen molar-refractivity contribution >= 4 is 20.2 Å². The molecule has 0 aromatic rings. The molecule has 0 radical (unpaired) electrons. The highest BCUT2D eigenvalue weighted by molar-refractivity contribution is 6.10. The molecule has 56 valence electrons. The number of hydrogen-bond donors (Lipinski definition) is 1. The van der Waals surface area contributed by atoms with Crippen molar-refractivity contribution in [3.05, 3.63) is 0 Å². The van der Waals surface area contributed by atoms with Crippen LogP contribution < -0.4 is 5.84 Å². The zero-order chi connectivity index (χ0) is 8.15. The number of hydrazine groups is 1. The molecule has 5 heteroatoms. The second-order valence-electron chi connectivity index (χ2n) is 2.16. The van der Waals surface area contributed by atoms with E-state index >= 15 is 0 Å². The van der Waals surface area contributed by atoms with Gasteiger partial charge in [0.25, 0.3) is 0 Å². The molecule has 0 aromatic heterocycles. The normalized spacial score (nSPS) is 12.2. The van der Waals surface area contributed by atoms with Crippen molar-refractivity contribution in [1.29, 1.82) is 0 Å². The molecule has 0 spiro atoms. The molecule has 0 heterocycles. The summed E-state index contributed by atoms with van der Waals surface area (Å²) in [5.74, 6) is 4.50. The van der Waals surface area contributed by atoms with E-state index in [2.05, 4.69) is 0 Å². The molecule has 10 heavy (non-hydrogen) atoms. The molecule has 0 aliphatic rings. The van der Waals surface area contributed by atoms with Gasteiger partial charge in [-0.2, -0.15) is 0 Å². The third-order valence-electron chi connectivity index (χ3n) is 1.40. The Kier molecular flexibility index (Phi) is 3.72. The lowest BCUT2D eigenvalue weighted by atomic mass is 9.92. The van der Waals surface area contributed by atoms with Crippen LogP contribution in [0.2, 0.25) is 6.32 Å². The molecule has 1 unspecified atom stereocenters. The predicted molar refractivity (Wildman–Crippen MR) is 39.6 cm³/mol. The maximum atomic E-state index is 10.9.